The molecule has 0 aliphatic carbocycles. The maximum Gasteiger partial charge on any atom is 0.303 e. The molecule has 0 atom stereocenters. The van der Waals surface area contributed by atoms with Crippen molar-refractivity contribution < 1.29 is 14.7 Å². The maximum absolute atomic E-state index is 11.9. The highest BCUT2D eigenvalue weighted by atomic mass is 16.4. The summed E-state index contributed by atoms with van der Waals surface area (Å²) in [6.07, 6.45) is 3.18. The van der Waals surface area contributed by atoms with E-state index >= 15 is 0 Å². The van der Waals surface area contributed by atoms with Gasteiger partial charge in [-0.25, -0.2) is 5.43 Å². The van der Waals surface area contributed by atoms with Gasteiger partial charge >= 0.3 is 5.97 Å². The summed E-state index contributed by atoms with van der Waals surface area (Å²) >= 11 is 0. The van der Waals surface area contributed by atoms with Crippen molar-refractivity contribution in [1.82, 2.24) is 10.4 Å². The third kappa shape index (κ3) is 4.52. The standard InChI is InChI=1S/C16H15N3O3/c20-15(21)9-8-14(12-5-2-1-3-6-12)18-19-16(22)13-7-4-10-17-11-13/h1-7,10-11H,8-9H2,(H,19,22)(H,20,21)/b18-14+. The topological polar surface area (TPSA) is 91.6 Å². The van der Waals surface area contributed by atoms with Gasteiger partial charge in [0.1, 0.15) is 0 Å². The number of nitrogens with one attached hydrogen (secondary N) is 1. The molecule has 0 saturated carbocycles. The molecule has 1 aromatic heterocycles. The van der Waals surface area contributed by atoms with Gasteiger partial charge in [-0.15, -0.1) is 0 Å². The van der Waals surface area contributed by atoms with Crippen molar-refractivity contribution in [3.63, 3.8) is 0 Å². The molecule has 0 saturated heterocycles. The highest BCUT2D eigenvalue weighted by molar-refractivity contribution is 6.03. The van der Waals surface area contributed by atoms with E-state index in [-0.39, 0.29) is 12.8 Å². The fourth-order valence-electron chi connectivity index (χ4n) is 1.80. The predicted molar refractivity (Wildman–Crippen MR) is 81.6 cm³/mol. The summed E-state index contributed by atoms with van der Waals surface area (Å²) in [5.74, 6) is -1.31. The normalized spacial score (nSPS) is 11.0. The van der Waals surface area contributed by atoms with Crippen LogP contribution in [0.2, 0.25) is 0 Å². The van der Waals surface area contributed by atoms with Crippen molar-refractivity contribution in [3.05, 3.63) is 66.0 Å². The molecule has 2 rings (SSSR count). The number of hydrogen-bond donors (Lipinski definition) is 2. The monoisotopic (exact) mass is 297 g/mol. The lowest BCUT2D eigenvalue weighted by atomic mass is 10.1. The van der Waals surface area contributed by atoms with E-state index in [0.717, 1.165) is 5.56 Å². The van der Waals surface area contributed by atoms with Gasteiger partial charge in [-0.3, -0.25) is 14.6 Å². The van der Waals surface area contributed by atoms with Gasteiger partial charge in [0.25, 0.3) is 5.91 Å². The number of amides is 1. The van der Waals surface area contributed by atoms with Gasteiger partial charge in [-0.05, 0) is 17.7 Å². The van der Waals surface area contributed by atoms with E-state index in [1.807, 2.05) is 30.3 Å². The van der Waals surface area contributed by atoms with Crippen molar-refractivity contribution in [3.8, 4) is 0 Å². The number of hydrazone groups is 1. The molecule has 0 aliphatic rings. The average molecular weight is 297 g/mol. The fraction of sp³-hybridized carbons (Fsp3) is 0.125. The first-order valence-corrected chi connectivity index (χ1v) is 6.71. The van der Waals surface area contributed by atoms with Crippen LogP contribution >= 0.6 is 0 Å². The van der Waals surface area contributed by atoms with Crippen LogP contribution in [0.3, 0.4) is 0 Å². The molecule has 1 aromatic carbocycles. The first kappa shape index (κ1) is 15.4. The molecule has 0 fully saturated rings. The number of rotatable bonds is 6. The van der Waals surface area contributed by atoms with Crippen molar-refractivity contribution in [2.75, 3.05) is 0 Å². The summed E-state index contributed by atoms with van der Waals surface area (Å²) in [6.45, 7) is 0. The second-order valence-electron chi connectivity index (χ2n) is 4.50. The van der Waals surface area contributed by atoms with Crippen LogP contribution in [0.1, 0.15) is 28.8 Å². The number of hydrogen-bond acceptors (Lipinski definition) is 4. The van der Waals surface area contributed by atoms with Gasteiger partial charge in [-0.1, -0.05) is 30.3 Å². The Bertz CT molecular complexity index is 670. The zero-order chi connectivity index (χ0) is 15.8. The van der Waals surface area contributed by atoms with Crippen molar-refractivity contribution in [2.24, 2.45) is 5.10 Å². The zero-order valence-corrected chi connectivity index (χ0v) is 11.8. The second-order valence-corrected chi connectivity index (χ2v) is 4.50. The van der Waals surface area contributed by atoms with Crippen LogP contribution in [0, 0.1) is 0 Å². The summed E-state index contributed by atoms with van der Waals surface area (Å²) in [4.78, 5) is 26.6. The molecule has 2 N–H and O–H groups in total. The molecule has 2 aromatic rings. The van der Waals surface area contributed by atoms with Crippen LogP contribution in [0.4, 0.5) is 0 Å². The van der Waals surface area contributed by atoms with Gasteiger partial charge in [0, 0.05) is 18.8 Å². The molecule has 0 spiro atoms. The molecule has 1 amide bonds. The summed E-state index contributed by atoms with van der Waals surface area (Å²) in [5.41, 5.74) is 4.11. The Morgan fingerprint density at radius 3 is 2.41 bits per heavy atom. The Morgan fingerprint density at radius 2 is 1.77 bits per heavy atom. The molecule has 1 heterocycles. The number of carboxylic acids is 1. The van der Waals surface area contributed by atoms with Crippen LogP contribution in [0.5, 0.6) is 0 Å². The highest BCUT2D eigenvalue weighted by Gasteiger charge is 2.09. The molecule has 22 heavy (non-hydrogen) atoms. The fourth-order valence-corrected chi connectivity index (χ4v) is 1.80. The van der Waals surface area contributed by atoms with E-state index in [1.165, 1.54) is 6.20 Å². The van der Waals surface area contributed by atoms with Crippen molar-refractivity contribution in [1.29, 1.82) is 0 Å². The van der Waals surface area contributed by atoms with Crippen LogP contribution in [0.25, 0.3) is 0 Å². The van der Waals surface area contributed by atoms with Crippen LogP contribution < -0.4 is 5.43 Å². The number of nitrogens with zero attached hydrogens (tertiary/aromatic N) is 2. The quantitative estimate of drug-likeness (QED) is 0.630. The number of aliphatic carboxylic acids is 1. The van der Waals surface area contributed by atoms with Crippen LogP contribution in [-0.2, 0) is 4.79 Å². The van der Waals surface area contributed by atoms with Gasteiger partial charge < -0.3 is 5.11 Å². The summed E-state index contributed by atoms with van der Waals surface area (Å²) in [7, 11) is 0. The van der Waals surface area contributed by atoms with Crippen LogP contribution in [-0.4, -0.2) is 27.7 Å². The third-order valence-corrected chi connectivity index (χ3v) is 2.90. The molecule has 0 bridgehead atoms. The van der Waals surface area contributed by atoms with Gasteiger partial charge in [0.15, 0.2) is 0 Å². The smallest absolute Gasteiger partial charge is 0.303 e. The summed E-state index contributed by atoms with van der Waals surface area (Å²) in [6, 6.07) is 12.4. The van der Waals surface area contributed by atoms with Gasteiger partial charge in [0.2, 0.25) is 0 Å². The summed E-state index contributed by atoms with van der Waals surface area (Å²) < 4.78 is 0. The third-order valence-electron chi connectivity index (χ3n) is 2.90. The number of carbonyl (C=O) groups excluding carboxylic acids is 1. The number of carboxylic acid groups (broad SMARTS) is 1. The highest BCUT2D eigenvalue weighted by Crippen LogP contribution is 2.07. The van der Waals surface area contributed by atoms with E-state index in [0.29, 0.717) is 11.3 Å². The molecule has 6 heteroatoms. The SMILES string of the molecule is O=C(O)CC/C(=N\NC(=O)c1cccnc1)c1ccccc1. The lowest BCUT2D eigenvalue weighted by molar-refractivity contribution is -0.136. The maximum atomic E-state index is 11.9. The Labute approximate surface area is 127 Å². The first-order valence-electron chi connectivity index (χ1n) is 6.71. The zero-order valence-electron chi connectivity index (χ0n) is 11.8. The predicted octanol–water partition coefficient (Wildman–Crippen LogP) is 2.08. The Morgan fingerprint density at radius 1 is 1.05 bits per heavy atom. The van der Waals surface area contributed by atoms with Crippen molar-refractivity contribution >= 4 is 17.6 Å². The first-order chi connectivity index (χ1) is 10.7. The van der Waals surface area contributed by atoms with E-state index in [1.54, 1.807) is 18.3 Å². The van der Waals surface area contributed by atoms with E-state index < -0.39 is 11.9 Å². The molecule has 6 nitrogen and oxygen atoms in total. The lowest BCUT2D eigenvalue weighted by Gasteiger charge is -2.06. The van der Waals surface area contributed by atoms with Gasteiger partial charge in [0.05, 0.1) is 17.7 Å². The minimum Gasteiger partial charge on any atom is -0.481 e. The van der Waals surface area contributed by atoms with Gasteiger partial charge in [-0.2, -0.15) is 5.10 Å². The number of pyridine rings is 1. The molecule has 0 unspecified atom stereocenters. The van der Waals surface area contributed by atoms with E-state index in [4.69, 9.17) is 5.11 Å². The molecular formula is C16H15N3O3. The lowest BCUT2D eigenvalue weighted by Crippen LogP contribution is -2.20. The minimum atomic E-state index is -0.915. The minimum absolute atomic E-state index is 0.0590. The molecule has 112 valence electrons. The van der Waals surface area contributed by atoms with Crippen LogP contribution in [0.15, 0.2) is 60.0 Å². The Hall–Kier alpha value is -3.02. The van der Waals surface area contributed by atoms with E-state index in [9.17, 15) is 9.59 Å². The molecule has 0 aliphatic heterocycles. The number of aromatic nitrogens is 1. The number of benzene rings is 1. The number of carbonyl (C=O) groups is 2. The average Bonchev–Trinajstić information content (AvgIpc) is 2.56. The second kappa shape index (κ2) is 7.68. The molecular weight excluding hydrogens is 282 g/mol. The molecule has 0 radical (unpaired) electrons. The Kier molecular flexibility index (Phi) is 5.37. The Balaban J connectivity index is 2.14. The van der Waals surface area contributed by atoms with E-state index in [2.05, 4.69) is 15.5 Å². The summed E-state index contributed by atoms with van der Waals surface area (Å²) in [5, 5.41) is 12.9. The largest absolute Gasteiger partial charge is 0.481 e. The van der Waals surface area contributed by atoms with Crippen molar-refractivity contribution in [2.45, 2.75) is 12.8 Å².